The summed E-state index contributed by atoms with van der Waals surface area (Å²) in [6.07, 6.45) is 1.43. The first-order valence-corrected chi connectivity index (χ1v) is 6.43. The van der Waals surface area contributed by atoms with Crippen LogP contribution in [0.3, 0.4) is 0 Å². The quantitative estimate of drug-likeness (QED) is 0.928. The van der Waals surface area contributed by atoms with E-state index in [0.717, 1.165) is 12.1 Å². The number of nitrogen functional groups attached to an aromatic ring is 1. The third-order valence-corrected chi connectivity index (χ3v) is 3.68. The molecule has 0 aliphatic heterocycles. The lowest BCUT2D eigenvalue weighted by molar-refractivity contribution is 0.564. The molecular formula is C12H10F2N2OS. The molecule has 1 aromatic heterocycles. The molecule has 0 radical (unpaired) electrons. The molecule has 94 valence electrons. The minimum Gasteiger partial charge on any atom is -0.396 e. The zero-order chi connectivity index (χ0) is 13.1. The fraction of sp³-hybridized carbons (Fsp3) is 0.0833. The SMILES string of the molecule is Nc1cccnc1S(=O)Cc1c(F)cccc1F. The Hall–Kier alpha value is -1.82. The van der Waals surface area contributed by atoms with Crippen molar-refractivity contribution in [3.63, 3.8) is 0 Å². The fourth-order valence-corrected chi connectivity index (χ4v) is 2.65. The molecule has 2 N–H and O–H groups in total. The number of halogens is 2. The van der Waals surface area contributed by atoms with E-state index in [1.165, 1.54) is 18.3 Å². The molecule has 0 saturated heterocycles. The number of rotatable bonds is 3. The van der Waals surface area contributed by atoms with E-state index in [9.17, 15) is 13.0 Å². The summed E-state index contributed by atoms with van der Waals surface area (Å²) in [6, 6.07) is 6.64. The van der Waals surface area contributed by atoms with Gasteiger partial charge < -0.3 is 5.73 Å². The molecule has 2 aromatic rings. The molecule has 1 aromatic carbocycles. The number of nitrogens with two attached hydrogens (primary N) is 1. The van der Waals surface area contributed by atoms with E-state index in [1.807, 2.05) is 0 Å². The van der Waals surface area contributed by atoms with Crippen LogP contribution < -0.4 is 5.73 Å². The monoisotopic (exact) mass is 268 g/mol. The van der Waals surface area contributed by atoms with E-state index in [0.29, 0.717) is 0 Å². The average Bonchev–Trinajstić information content (AvgIpc) is 2.34. The summed E-state index contributed by atoms with van der Waals surface area (Å²) in [7, 11) is -1.68. The van der Waals surface area contributed by atoms with E-state index < -0.39 is 22.4 Å². The number of anilines is 1. The van der Waals surface area contributed by atoms with Gasteiger partial charge in [-0.2, -0.15) is 0 Å². The standard InChI is InChI=1S/C12H10F2N2OS/c13-9-3-1-4-10(14)8(9)7-18(17)12-11(15)5-2-6-16-12/h1-6H,7,15H2. The van der Waals surface area contributed by atoms with Gasteiger partial charge in [0, 0.05) is 11.8 Å². The summed E-state index contributed by atoms with van der Waals surface area (Å²) < 4.78 is 38.8. The molecule has 0 amide bonds. The van der Waals surface area contributed by atoms with Crippen molar-refractivity contribution in [3.8, 4) is 0 Å². The van der Waals surface area contributed by atoms with Crippen molar-refractivity contribution in [2.24, 2.45) is 0 Å². The van der Waals surface area contributed by atoms with Crippen LogP contribution in [0.1, 0.15) is 5.56 Å². The fourth-order valence-electron chi connectivity index (χ4n) is 1.46. The van der Waals surface area contributed by atoms with Crippen LogP contribution in [0, 0.1) is 11.6 Å². The molecule has 2 rings (SSSR count). The molecule has 0 spiro atoms. The maximum atomic E-state index is 13.4. The Morgan fingerprint density at radius 3 is 2.44 bits per heavy atom. The summed E-state index contributed by atoms with van der Waals surface area (Å²) in [5.41, 5.74) is 5.63. The number of hydrogen-bond donors (Lipinski definition) is 1. The highest BCUT2D eigenvalue weighted by Gasteiger charge is 2.15. The lowest BCUT2D eigenvalue weighted by atomic mass is 10.2. The van der Waals surface area contributed by atoms with Crippen LogP contribution in [0.15, 0.2) is 41.6 Å². The second-order valence-electron chi connectivity index (χ2n) is 3.59. The first-order valence-electron chi connectivity index (χ1n) is 5.11. The number of nitrogens with zero attached hydrogens (tertiary/aromatic N) is 1. The molecule has 3 nitrogen and oxygen atoms in total. The summed E-state index contributed by atoms with van der Waals surface area (Å²) in [6.45, 7) is 0. The maximum Gasteiger partial charge on any atom is 0.150 e. The first-order chi connectivity index (χ1) is 8.59. The number of benzene rings is 1. The van der Waals surface area contributed by atoms with Crippen molar-refractivity contribution in [3.05, 3.63) is 53.7 Å². The number of hydrogen-bond acceptors (Lipinski definition) is 3. The Morgan fingerprint density at radius 2 is 1.83 bits per heavy atom. The summed E-state index contributed by atoms with van der Waals surface area (Å²) in [5.74, 6) is -1.74. The lowest BCUT2D eigenvalue weighted by Gasteiger charge is -2.06. The topological polar surface area (TPSA) is 56.0 Å². The van der Waals surface area contributed by atoms with E-state index in [4.69, 9.17) is 5.73 Å². The number of aromatic nitrogens is 1. The molecule has 0 aliphatic rings. The highest BCUT2D eigenvalue weighted by atomic mass is 32.2. The third kappa shape index (κ3) is 2.53. The predicted octanol–water partition coefficient (Wildman–Crippen LogP) is 2.25. The second-order valence-corrected chi connectivity index (χ2v) is 4.95. The van der Waals surface area contributed by atoms with Crippen LogP contribution in [-0.2, 0) is 16.6 Å². The largest absolute Gasteiger partial charge is 0.396 e. The van der Waals surface area contributed by atoms with Crippen molar-refractivity contribution in [1.82, 2.24) is 4.98 Å². The minimum atomic E-state index is -1.68. The predicted molar refractivity (Wildman–Crippen MR) is 65.1 cm³/mol. The molecule has 0 aliphatic carbocycles. The maximum absolute atomic E-state index is 13.4. The summed E-state index contributed by atoms with van der Waals surface area (Å²) in [4.78, 5) is 3.86. The third-order valence-electron chi connectivity index (χ3n) is 2.35. The second kappa shape index (κ2) is 5.22. The molecule has 1 heterocycles. The molecule has 18 heavy (non-hydrogen) atoms. The van der Waals surface area contributed by atoms with Gasteiger partial charge in [0.1, 0.15) is 16.7 Å². The van der Waals surface area contributed by atoms with Crippen molar-refractivity contribution >= 4 is 16.5 Å². The highest BCUT2D eigenvalue weighted by Crippen LogP contribution is 2.19. The molecule has 0 saturated carbocycles. The van der Waals surface area contributed by atoms with Gasteiger partial charge in [-0.1, -0.05) is 6.07 Å². The van der Waals surface area contributed by atoms with Gasteiger partial charge in [0.15, 0.2) is 0 Å². The van der Waals surface area contributed by atoms with Crippen LogP contribution in [-0.4, -0.2) is 9.19 Å². The molecule has 0 fully saturated rings. The Bertz CT molecular complexity index is 584. The van der Waals surface area contributed by atoms with Gasteiger partial charge in [-0.15, -0.1) is 0 Å². The van der Waals surface area contributed by atoms with Crippen molar-refractivity contribution in [2.45, 2.75) is 10.8 Å². The van der Waals surface area contributed by atoms with Gasteiger partial charge >= 0.3 is 0 Å². The van der Waals surface area contributed by atoms with Crippen molar-refractivity contribution in [1.29, 1.82) is 0 Å². The smallest absolute Gasteiger partial charge is 0.150 e. The first kappa shape index (κ1) is 12.6. The Labute approximate surface area is 105 Å². The van der Waals surface area contributed by atoms with Crippen LogP contribution >= 0.6 is 0 Å². The average molecular weight is 268 g/mol. The molecular weight excluding hydrogens is 258 g/mol. The van der Waals surface area contributed by atoms with E-state index in [1.54, 1.807) is 6.07 Å². The lowest BCUT2D eigenvalue weighted by Crippen LogP contribution is -2.06. The van der Waals surface area contributed by atoms with E-state index in [-0.39, 0.29) is 22.0 Å². The Morgan fingerprint density at radius 1 is 1.17 bits per heavy atom. The normalized spacial score (nSPS) is 12.3. The van der Waals surface area contributed by atoms with Gasteiger partial charge in [0.2, 0.25) is 0 Å². The van der Waals surface area contributed by atoms with Crippen LogP contribution in [0.5, 0.6) is 0 Å². The number of pyridine rings is 1. The highest BCUT2D eigenvalue weighted by molar-refractivity contribution is 7.84. The van der Waals surface area contributed by atoms with Gasteiger partial charge in [0.25, 0.3) is 0 Å². The van der Waals surface area contributed by atoms with Crippen molar-refractivity contribution in [2.75, 3.05) is 5.73 Å². The van der Waals surface area contributed by atoms with Crippen LogP contribution in [0.25, 0.3) is 0 Å². The van der Waals surface area contributed by atoms with Gasteiger partial charge in [-0.25, -0.2) is 13.8 Å². The summed E-state index contributed by atoms with van der Waals surface area (Å²) in [5, 5.41) is 0.139. The Kier molecular flexibility index (Phi) is 3.66. The van der Waals surface area contributed by atoms with E-state index >= 15 is 0 Å². The van der Waals surface area contributed by atoms with Gasteiger partial charge in [-0.3, -0.25) is 4.21 Å². The zero-order valence-corrected chi connectivity index (χ0v) is 10.1. The van der Waals surface area contributed by atoms with Crippen LogP contribution in [0.4, 0.5) is 14.5 Å². The molecule has 6 heteroatoms. The van der Waals surface area contributed by atoms with Crippen molar-refractivity contribution < 1.29 is 13.0 Å². The zero-order valence-electron chi connectivity index (χ0n) is 9.27. The minimum absolute atomic E-state index is 0.139. The molecule has 0 bridgehead atoms. The molecule has 1 unspecified atom stereocenters. The summed E-state index contributed by atoms with van der Waals surface area (Å²) >= 11 is 0. The van der Waals surface area contributed by atoms with Crippen LogP contribution in [0.2, 0.25) is 0 Å². The molecule has 1 atom stereocenters. The Balaban J connectivity index is 2.30. The van der Waals surface area contributed by atoms with Gasteiger partial charge in [0.05, 0.1) is 22.2 Å². The van der Waals surface area contributed by atoms with E-state index in [2.05, 4.69) is 4.98 Å². The van der Waals surface area contributed by atoms with Gasteiger partial charge in [-0.05, 0) is 24.3 Å².